The normalized spacial score (nSPS) is 13.7. The zero-order chi connectivity index (χ0) is 23.9. The van der Waals surface area contributed by atoms with E-state index in [9.17, 15) is 13.2 Å². The van der Waals surface area contributed by atoms with Gasteiger partial charge in [0.1, 0.15) is 11.6 Å². The molecule has 1 saturated carbocycles. The van der Waals surface area contributed by atoms with E-state index in [-0.39, 0.29) is 11.4 Å². The number of nitrogens with one attached hydrogen (secondary N) is 1. The molecule has 1 amide bonds. The van der Waals surface area contributed by atoms with Crippen molar-refractivity contribution in [2.75, 3.05) is 16.2 Å². The van der Waals surface area contributed by atoms with Gasteiger partial charge >= 0.3 is 0 Å². The van der Waals surface area contributed by atoms with Gasteiger partial charge in [-0.05, 0) is 55.3 Å². The summed E-state index contributed by atoms with van der Waals surface area (Å²) in [7, 11) is -4.07. The number of benzene rings is 3. The molecule has 0 bridgehead atoms. The van der Waals surface area contributed by atoms with E-state index in [0.29, 0.717) is 22.1 Å². The second-order valence-corrected chi connectivity index (χ2v) is 11.3. The zero-order valence-electron chi connectivity index (χ0n) is 18.9. The third kappa shape index (κ3) is 4.28. The maximum atomic E-state index is 14.0. The number of rotatable bonds is 7. The molecular weight excluding hydrogens is 468 g/mol. The third-order valence-electron chi connectivity index (χ3n) is 6.06. The molecule has 0 atom stereocenters. The SMILES string of the molecule is Cc1cccc(N(CC(=O)Nc2nnc(C3CC3)s2)S(=O)(=O)c2cccc3ccccc23)c1C. The van der Waals surface area contributed by atoms with Crippen LogP contribution in [0.4, 0.5) is 10.8 Å². The first-order valence-electron chi connectivity index (χ1n) is 11.0. The van der Waals surface area contributed by atoms with E-state index in [2.05, 4.69) is 15.5 Å². The Morgan fingerprint density at radius 1 is 1.03 bits per heavy atom. The molecule has 1 aromatic heterocycles. The first kappa shape index (κ1) is 22.5. The van der Waals surface area contributed by atoms with Crippen LogP contribution in [0.1, 0.15) is 34.9 Å². The molecule has 174 valence electrons. The Morgan fingerprint density at radius 2 is 1.76 bits per heavy atom. The second kappa shape index (κ2) is 8.81. The quantitative estimate of drug-likeness (QED) is 0.391. The number of aromatic nitrogens is 2. The summed E-state index contributed by atoms with van der Waals surface area (Å²) >= 11 is 1.34. The van der Waals surface area contributed by atoms with Crippen LogP contribution in [0.3, 0.4) is 0 Å². The Kier molecular flexibility index (Phi) is 5.83. The molecule has 7 nitrogen and oxygen atoms in total. The molecule has 1 heterocycles. The number of hydrogen-bond donors (Lipinski definition) is 1. The van der Waals surface area contributed by atoms with E-state index < -0.39 is 15.9 Å². The van der Waals surface area contributed by atoms with Crippen molar-refractivity contribution in [3.63, 3.8) is 0 Å². The molecule has 9 heteroatoms. The van der Waals surface area contributed by atoms with Crippen molar-refractivity contribution < 1.29 is 13.2 Å². The van der Waals surface area contributed by atoms with E-state index in [1.807, 2.05) is 44.2 Å². The van der Waals surface area contributed by atoms with Crippen LogP contribution >= 0.6 is 11.3 Å². The number of hydrogen-bond acceptors (Lipinski definition) is 6. The molecule has 0 spiro atoms. The maximum Gasteiger partial charge on any atom is 0.265 e. The fraction of sp³-hybridized carbons (Fsp3) is 0.240. The van der Waals surface area contributed by atoms with Crippen LogP contribution in [0.2, 0.25) is 0 Å². The Hall–Kier alpha value is -3.30. The third-order valence-corrected chi connectivity index (χ3v) is 8.88. The maximum absolute atomic E-state index is 14.0. The van der Waals surface area contributed by atoms with Crippen molar-refractivity contribution in [3.8, 4) is 0 Å². The van der Waals surface area contributed by atoms with Crippen molar-refractivity contribution in [3.05, 3.63) is 76.8 Å². The Labute approximate surface area is 202 Å². The number of carbonyl (C=O) groups excluding carboxylic acids is 1. The van der Waals surface area contributed by atoms with Crippen molar-refractivity contribution in [2.24, 2.45) is 0 Å². The molecule has 1 aliphatic rings. The summed E-state index contributed by atoms with van der Waals surface area (Å²) in [5.74, 6) is -0.0375. The predicted molar refractivity (Wildman–Crippen MR) is 135 cm³/mol. The van der Waals surface area contributed by atoms with Gasteiger partial charge in [0, 0.05) is 11.3 Å². The Morgan fingerprint density at radius 3 is 2.56 bits per heavy atom. The lowest BCUT2D eigenvalue weighted by molar-refractivity contribution is -0.114. The summed E-state index contributed by atoms with van der Waals surface area (Å²) in [6, 6.07) is 18.0. The second-order valence-electron chi connectivity index (χ2n) is 8.48. The molecule has 34 heavy (non-hydrogen) atoms. The minimum atomic E-state index is -4.07. The molecule has 1 aliphatic carbocycles. The first-order valence-corrected chi connectivity index (χ1v) is 13.3. The highest BCUT2D eigenvalue weighted by molar-refractivity contribution is 7.93. The number of carbonyl (C=O) groups is 1. The van der Waals surface area contributed by atoms with Crippen LogP contribution in [0.15, 0.2) is 65.6 Å². The number of aryl methyl sites for hydroxylation is 1. The van der Waals surface area contributed by atoms with Gasteiger partial charge in [0.2, 0.25) is 11.0 Å². The fourth-order valence-corrected chi connectivity index (χ4v) is 6.54. The van der Waals surface area contributed by atoms with Crippen LogP contribution in [0.25, 0.3) is 10.8 Å². The van der Waals surface area contributed by atoms with Crippen LogP contribution in [0, 0.1) is 13.8 Å². The first-order chi connectivity index (χ1) is 16.3. The molecule has 4 aromatic rings. The summed E-state index contributed by atoms with van der Waals surface area (Å²) in [6.45, 7) is 3.40. The van der Waals surface area contributed by atoms with Gasteiger partial charge in [-0.3, -0.25) is 14.4 Å². The Bertz CT molecular complexity index is 1490. The summed E-state index contributed by atoms with van der Waals surface area (Å²) in [5.41, 5.74) is 2.21. The average molecular weight is 493 g/mol. The lowest BCUT2D eigenvalue weighted by Gasteiger charge is -2.26. The lowest BCUT2D eigenvalue weighted by Crippen LogP contribution is -2.38. The standard InChI is InChI=1S/C25H24N4O3S2/c1-16-7-5-11-21(17(16)2)29(15-23(30)26-25-28-27-24(33-25)19-13-14-19)34(31,32)22-12-6-9-18-8-3-4-10-20(18)22/h3-12,19H,13-15H2,1-2H3,(H,26,28,30). The molecule has 0 unspecified atom stereocenters. The highest BCUT2D eigenvalue weighted by Gasteiger charge is 2.31. The molecule has 1 fully saturated rings. The molecule has 1 N–H and O–H groups in total. The van der Waals surface area contributed by atoms with E-state index in [4.69, 9.17) is 0 Å². The van der Waals surface area contributed by atoms with E-state index >= 15 is 0 Å². The smallest absolute Gasteiger partial charge is 0.265 e. The van der Waals surface area contributed by atoms with Crippen molar-refractivity contribution in [2.45, 2.75) is 37.5 Å². The Balaban J connectivity index is 1.53. The van der Waals surface area contributed by atoms with Gasteiger partial charge in [-0.15, -0.1) is 10.2 Å². The summed E-state index contributed by atoms with van der Waals surface area (Å²) in [5, 5.41) is 13.7. The number of anilines is 2. The molecule has 5 rings (SSSR count). The minimum Gasteiger partial charge on any atom is -0.299 e. The lowest BCUT2D eigenvalue weighted by atomic mass is 10.1. The minimum absolute atomic E-state index is 0.159. The summed E-state index contributed by atoms with van der Waals surface area (Å²) < 4.78 is 29.2. The number of sulfonamides is 1. The largest absolute Gasteiger partial charge is 0.299 e. The summed E-state index contributed by atoms with van der Waals surface area (Å²) in [6.07, 6.45) is 2.18. The molecular formula is C25H24N4O3S2. The van der Waals surface area contributed by atoms with Gasteiger partial charge in [0.15, 0.2) is 0 Å². The van der Waals surface area contributed by atoms with Gasteiger partial charge < -0.3 is 0 Å². The average Bonchev–Trinajstić information content (AvgIpc) is 3.58. The van der Waals surface area contributed by atoms with Gasteiger partial charge in [0.25, 0.3) is 10.0 Å². The van der Waals surface area contributed by atoms with Gasteiger partial charge in [-0.25, -0.2) is 8.42 Å². The molecule has 0 aliphatic heterocycles. The number of amides is 1. The van der Waals surface area contributed by atoms with E-state index in [1.165, 1.54) is 15.6 Å². The van der Waals surface area contributed by atoms with E-state index in [0.717, 1.165) is 34.4 Å². The van der Waals surface area contributed by atoms with Crippen LogP contribution in [-0.2, 0) is 14.8 Å². The predicted octanol–water partition coefficient (Wildman–Crippen LogP) is 5.02. The number of nitrogens with zero attached hydrogens (tertiary/aromatic N) is 3. The van der Waals surface area contributed by atoms with Crippen molar-refractivity contribution in [1.29, 1.82) is 0 Å². The monoisotopic (exact) mass is 492 g/mol. The van der Waals surface area contributed by atoms with Crippen LogP contribution in [0.5, 0.6) is 0 Å². The fourth-order valence-electron chi connectivity index (χ4n) is 3.91. The van der Waals surface area contributed by atoms with Crippen molar-refractivity contribution >= 4 is 48.9 Å². The molecule has 0 saturated heterocycles. The van der Waals surface area contributed by atoms with Gasteiger partial charge in [-0.2, -0.15) is 0 Å². The van der Waals surface area contributed by atoms with Crippen LogP contribution in [-0.4, -0.2) is 31.1 Å². The van der Waals surface area contributed by atoms with Crippen molar-refractivity contribution in [1.82, 2.24) is 10.2 Å². The van der Waals surface area contributed by atoms with Gasteiger partial charge in [0.05, 0.1) is 10.6 Å². The molecule has 3 aromatic carbocycles. The highest BCUT2D eigenvalue weighted by Crippen LogP contribution is 2.42. The summed E-state index contributed by atoms with van der Waals surface area (Å²) in [4.78, 5) is 13.2. The van der Waals surface area contributed by atoms with Gasteiger partial charge in [-0.1, -0.05) is 59.9 Å². The number of fused-ring (bicyclic) bond motifs is 1. The zero-order valence-corrected chi connectivity index (χ0v) is 20.5. The topological polar surface area (TPSA) is 92.3 Å². The van der Waals surface area contributed by atoms with E-state index in [1.54, 1.807) is 30.3 Å². The molecule has 0 radical (unpaired) electrons. The highest BCUT2D eigenvalue weighted by atomic mass is 32.2. The van der Waals surface area contributed by atoms with Crippen LogP contribution < -0.4 is 9.62 Å².